The molecule has 0 radical (unpaired) electrons. The Hall–Kier alpha value is -1.53. The summed E-state index contributed by atoms with van der Waals surface area (Å²) < 4.78 is 5.44. The van der Waals surface area contributed by atoms with Gasteiger partial charge in [-0.3, -0.25) is 9.59 Å². The molecule has 0 aromatic heterocycles. The van der Waals surface area contributed by atoms with E-state index in [9.17, 15) is 9.59 Å². The SMILES string of the molecule is CC1CN(C(=O)CC2Sc3ccccc3NC2=O)CCO1. The van der Waals surface area contributed by atoms with E-state index in [0.717, 1.165) is 10.6 Å². The van der Waals surface area contributed by atoms with Crippen molar-refractivity contribution in [2.45, 2.75) is 29.6 Å². The summed E-state index contributed by atoms with van der Waals surface area (Å²) in [7, 11) is 0. The molecule has 2 aliphatic heterocycles. The van der Waals surface area contributed by atoms with E-state index < -0.39 is 0 Å². The average Bonchev–Trinajstić information content (AvgIpc) is 2.48. The van der Waals surface area contributed by atoms with Crippen molar-refractivity contribution < 1.29 is 14.3 Å². The van der Waals surface area contributed by atoms with Crippen molar-refractivity contribution in [2.24, 2.45) is 0 Å². The van der Waals surface area contributed by atoms with E-state index in [4.69, 9.17) is 4.74 Å². The normalized spacial score (nSPS) is 25.2. The molecule has 21 heavy (non-hydrogen) atoms. The third kappa shape index (κ3) is 3.22. The molecule has 112 valence electrons. The molecule has 2 atom stereocenters. The van der Waals surface area contributed by atoms with Gasteiger partial charge in [0.25, 0.3) is 0 Å². The molecular weight excluding hydrogens is 288 g/mol. The summed E-state index contributed by atoms with van der Waals surface area (Å²) in [5.41, 5.74) is 0.830. The van der Waals surface area contributed by atoms with Crippen molar-refractivity contribution in [3.05, 3.63) is 24.3 Å². The maximum absolute atomic E-state index is 12.3. The lowest BCUT2D eigenvalue weighted by Gasteiger charge is -2.32. The Morgan fingerprint density at radius 3 is 3.10 bits per heavy atom. The van der Waals surface area contributed by atoms with Gasteiger partial charge in [0.05, 0.1) is 23.6 Å². The second kappa shape index (κ2) is 6.07. The van der Waals surface area contributed by atoms with Crippen molar-refractivity contribution in [1.82, 2.24) is 4.90 Å². The lowest BCUT2D eigenvalue weighted by molar-refractivity contribution is -0.139. The van der Waals surface area contributed by atoms with E-state index in [1.165, 1.54) is 11.8 Å². The summed E-state index contributed by atoms with van der Waals surface area (Å²) in [5, 5.41) is 2.52. The van der Waals surface area contributed by atoms with Crippen LogP contribution in [0.5, 0.6) is 0 Å². The van der Waals surface area contributed by atoms with Crippen LogP contribution in [-0.4, -0.2) is 47.8 Å². The fraction of sp³-hybridized carbons (Fsp3) is 0.467. The number of fused-ring (bicyclic) bond motifs is 1. The fourth-order valence-electron chi connectivity index (χ4n) is 2.56. The number of nitrogens with one attached hydrogen (secondary N) is 1. The van der Waals surface area contributed by atoms with Gasteiger partial charge in [0.15, 0.2) is 0 Å². The Kier molecular flexibility index (Phi) is 4.17. The number of anilines is 1. The number of rotatable bonds is 2. The molecule has 2 heterocycles. The van der Waals surface area contributed by atoms with E-state index >= 15 is 0 Å². The molecule has 5 nitrogen and oxygen atoms in total. The highest BCUT2D eigenvalue weighted by molar-refractivity contribution is 8.01. The van der Waals surface area contributed by atoms with E-state index in [1.807, 2.05) is 31.2 Å². The molecule has 1 fully saturated rings. The first-order valence-electron chi connectivity index (χ1n) is 7.09. The molecule has 3 rings (SSSR count). The van der Waals surface area contributed by atoms with Crippen molar-refractivity contribution in [3.63, 3.8) is 0 Å². The molecule has 1 N–H and O–H groups in total. The third-order valence-corrected chi connectivity index (χ3v) is 4.94. The smallest absolute Gasteiger partial charge is 0.238 e. The number of carbonyl (C=O) groups is 2. The van der Waals surface area contributed by atoms with Crippen molar-refractivity contribution >= 4 is 29.3 Å². The number of carbonyl (C=O) groups excluding carboxylic acids is 2. The molecule has 1 aromatic carbocycles. The van der Waals surface area contributed by atoms with Gasteiger partial charge in [-0.15, -0.1) is 11.8 Å². The summed E-state index contributed by atoms with van der Waals surface area (Å²) in [6, 6.07) is 7.67. The predicted molar refractivity (Wildman–Crippen MR) is 81.3 cm³/mol. The highest BCUT2D eigenvalue weighted by atomic mass is 32.2. The highest BCUT2D eigenvalue weighted by Gasteiger charge is 2.31. The molecule has 6 heteroatoms. The quantitative estimate of drug-likeness (QED) is 0.904. The van der Waals surface area contributed by atoms with Crippen molar-refractivity contribution in [2.75, 3.05) is 25.0 Å². The summed E-state index contributed by atoms with van der Waals surface area (Å²) in [5.74, 6) is -0.0643. The number of para-hydroxylation sites is 1. The Labute approximate surface area is 128 Å². The molecule has 2 amide bonds. The van der Waals surface area contributed by atoms with Gasteiger partial charge in [-0.25, -0.2) is 0 Å². The maximum Gasteiger partial charge on any atom is 0.238 e. The number of hydrogen-bond acceptors (Lipinski definition) is 4. The lowest BCUT2D eigenvalue weighted by Crippen LogP contribution is -2.46. The minimum Gasteiger partial charge on any atom is -0.375 e. The zero-order valence-corrected chi connectivity index (χ0v) is 12.7. The molecule has 2 aliphatic rings. The topological polar surface area (TPSA) is 58.6 Å². The molecule has 0 aliphatic carbocycles. The number of nitrogens with zero attached hydrogens (tertiary/aromatic N) is 1. The van der Waals surface area contributed by atoms with Gasteiger partial charge in [0.1, 0.15) is 0 Å². The Morgan fingerprint density at radius 1 is 1.48 bits per heavy atom. The molecule has 2 unspecified atom stereocenters. The Bertz CT molecular complexity index is 564. The Balaban J connectivity index is 1.65. The minimum atomic E-state index is -0.356. The van der Waals surface area contributed by atoms with Gasteiger partial charge in [-0.05, 0) is 19.1 Å². The van der Waals surface area contributed by atoms with Crippen LogP contribution in [0.1, 0.15) is 13.3 Å². The van der Waals surface area contributed by atoms with Crippen LogP contribution in [0.25, 0.3) is 0 Å². The van der Waals surface area contributed by atoms with Crippen LogP contribution in [-0.2, 0) is 14.3 Å². The van der Waals surface area contributed by atoms with Crippen LogP contribution in [0.2, 0.25) is 0 Å². The van der Waals surface area contributed by atoms with Crippen molar-refractivity contribution in [3.8, 4) is 0 Å². The highest BCUT2D eigenvalue weighted by Crippen LogP contribution is 2.36. The van der Waals surface area contributed by atoms with Gasteiger partial charge in [-0.1, -0.05) is 12.1 Å². The fourth-order valence-corrected chi connectivity index (χ4v) is 3.66. The standard InChI is InChI=1S/C15H18N2O3S/c1-10-9-17(6-7-20-10)14(18)8-13-15(19)16-11-4-2-3-5-12(11)21-13/h2-5,10,13H,6-9H2,1H3,(H,16,19). The van der Waals surface area contributed by atoms with E-state index in [1.54, 1.807) is 4.90 Å². The zero-order chi connectivity index (χ0) is 14.8. The van der Waals surface area contributed by atoms with E-state index in [2.05, 4.69) is 5.32 Å². The third-order valence-electron chi connectivity index (χ3n) is 3.66. The second-order valence-electron chi connectivity index (χ2n) is 5.32. The number of morpholine rings is 1. The molecule has 0 spiro atoms. The van der Waals surface area contributed by atoms with Crippen LogP contribution in [0.3, 0.4) is 0 Å². The van der Waals surface area contributed by atoms with Crippen LogP contribution in [0, 0.1) is 0 Å². The van der Waals surface area contributed by atoms with Crippen LogP contribution in [0.15, 0.2) is 29.2 Å². The second-order valence-corrected chi connectivity index (χ2v) is 6.56. The summed E-state index contributed by atoms with van der Waals surface area (Å²) in [6.45, 7) is 3.74. The van der Waals surface area contributed by atoms with Crippen LogP contribution < -0.4 is 5.32 Å². The van der Waals surface area contributed by atoms with Crippen LogP contribution in [0.4, 0.5) is 5.69 Å². The van der Waals surface area contributed by atoms with Crippen molar-refractivity contribution in [1.29, 1.82) is 0 Å². The Morgan fingerprint density at radius 2 is 2.29 bits per heavy atom. The predicted octanol–water partition coefficient (Wildman–Crippen LogP) is 1.74. The number of ether oxygens (including phenoxy) is 1. The maximum atomic E-state index is 12.3. The van der Waals surface area contributed by atoms with E-state index in [-0.39, 0.29) is 29.6 Å². The first kappa shape index (κ1) is 14.4. The summed E-state index contributed by atoms with van der Waals surface area (Å²) >= 11 is 1.47. The number of hydrogen-bond donors (Lipinski definition) is 1. The molecule has 0 saturated carbocycles. The molecular formula is C15H18N2O3S. The lowest BCUT2D eigenvalue weighted by atomic mass is 10.2. The first-order valence-corrected chi connectivity index (χ1v) is 7.97. The number of thioether (sulfide) groups is 1. The monoisotopic (exact) mass is 306 g/mol. The first-order chi connectivity index (χ1) is 10.1. The van der Waals surface area contributed by atoms with Gasteiger partial charge in [0, 0.05) is 24.4 Å². The van der Waals surface area contributed by atoms with Gasteiger partial charge in [-0.2, -0.15) is 0 Å². The number of amides is 2. The van der Waals surface area contributed by atoms with E-state index in [0.29, 0.717) is 19.7 Å². The average molecular weight is 306 g/mol. The van der Waals surface area contributed by atoms with Crippen LogP contribution >= 0.6 is 11.8 Å². The molecule has 0 bridgehead atoms. The zero-order valence-electron chi connectivity index (χ0n) is 11.9. The summed E-state index contributed by atoms with van der Waals surface area (Å²) in [6.07, 6.45) is 0.300. The molecule has 1 saturated heterocycles. The largest absolute Gasteiger partial charge is 0.375 e. The van der Waals surface area contributed by atoms with Gasteiger partial charge < -0.3 is 15.0 Å². The van der Waals surface area contributed by atoms with Gasteiger partial charge >= 0.3 is 0 Å². The number of benzene rings is 1. The van der Waals surface area contributed by atoms with Gasteiger partial charge in [0.2, 0.25) is 11.8 Å². The molecule has 1 aromatic rings. The summed E-state index contributed by atoms with van der Waals surface area (Å²) in [4.78, 5) is 27.3. The minimum absolute atomic E-state index is 0.0252.